The number of hydrogen-bond acceptors (Lipinski definition) is 5. The van der Waals surface area contributed by atoms with Crippen LogP contribution in [0.2, 0.25) is 0 Å². The van der Waals surface area contributed by atoms with Gasteiger partial charge in [0.15, 0.2) is 10.6 Å². The number of hydrogen-bond donors (Lipinski definition) is 1. The highest BCUT2D eigenvalue weighted by molar-refractivity contribution is 7.22. The van der Waals surface area contributed by atoms with E-state index in [1.54, 1.807) is 30.3 Å². The summed E-state index contributed by atoms with van der Waals surface area (Å²) in [6, 6.07) is 16.3. The number of aromatic nitrogens is 1. The number of benzene rings is 3. The normalized spacial score (nSPS) is 11.2. The average molecular weight is 444 g/mol. The maximum absolute atomic E-state index is 13.4. The molecule has 5 nitrogen and oxygen atoms in total. The number of carbonyl (C=O) groups is 1. The fourth-order valence-electron chi connectivity index (χ4n) is 3.66. The lowest BCUT2D eigenvalue weighted by Crippen LogP contribution is -2.11. The molecule has 3 aromatic carbocycles. The van der Waals surface area contributed by atoms with E-state index in [4.69, 9.17) is 4.42 Å². The van der Waals surface area contributed by atoms with Crippen LogP contribution in [-0.2, 0) is 0 Å². The van der Waals surface area contributed by atoms with E-state index >= 15 is 0 Å². The zero-order valence-corrected chi connectivity index (χ0v) is 18.0. The third-order valence-corrected chi connectivity index (χ3v) is 6.09. The van der Waals surface area contributed by atoms with Crippen LogP contribution in [0.3, 0.4) is 0 Å². The third kappa shape index (κ3) is 3.67. The molecule has 0 fully saturated rings. The monoisotopic (exact) mass is 444 g/mol. The molecule has 158 valence electrons. The van der Waals surface area contributed by atoms with Gasteiger partial charge in [-0.3, -0.25) is 14.9 Å². The molecule has 2 aromatic heterocycles. The standard InChI is InChI=1S/C25H17FN2O3S/c1-13-9-14(2)23-18(10-13)20(29)12-21(31-23)15-3-5-16(6-4-15)24(30)28-25-27-19-8-7-17(26)11-22(19)32-25/h3-12H,1-2H3,(H,27,28,30). The van der Waals surface area contributed by atoms with E-state index in [9.17, 15) is 14.0 Å². The minimum Gasteiger partial charge on any atom is -0.456 e. The Labute approximate surface area is 186 Å². The first-order valence-corrected chi connectivity index (χ1v) is 10.7. The highest BCUT2D eigenvalue weighted by Gasteiger charge is 2.13. The SMILES string of the molecule is Cc1cc(C)c2oc(-c3ccc(C(=O)Nc4nc5ccc(F)cc5s4)cc3)cc(=O)c2c1. The molecule has 1 N–H and O–H groups in total. The van der Waals surface area contributed by atoms with Gasteiger partial charge in [0, 0.05) is 17.2 Å². The van der Waals surface area contributed by atoms with Crippen molar-refractivity contribution in [1.29, 1.82) is 0 Å². The second-order valence-electron chi connectivity index (χ2n) is 7.60. The van der Waals surface area contributed by atoms with Crippen LogP contribution < -0.4 is 10.7 Å². The van der Waals surface area contributed by atoms with Gasteiger partial charge in [-0.25, -0.2) is 9.37 Å². The number of halogens is 1. The maximum atomic E-state index is 13.4. The van der Waals surface area contributed by atoms with E-state index in [0.29, 0.717) is 43.2 Å². The summed E-state index contributed by atoms with van der Waals surface area (Å²) in [4.78, 5) is 29.5. The lowest BCUT2D eigenvalue weighted by Gasteiger charge is -2.07. The molecule has 1 amide bonds. The largest absolute Gasteiger partial charge is 0.456 e. The Morgan fingerprint density at radius 2 is 1.81 bits per heavy atom. The van der Waals surface area contributed by atoms with Crippen LogP contribution in [0, 0.1) is 19.7 Å². The van der Waals surface area contributed by atoms with Gasteiger partial charge in [0.1, 0.15) is 17.2 Å². The lowest BCUT2D eigenvalue weighted by molar-refractivity contribution is 0.102. The summed E-state index contributed by atoms with van der Waals surface area (Å²) in [6.07, 6.45) is 0. The molecule has 0 aliphatic heterocycles. The summed E-state index contributed by atoms with van der Waals surface area (Å²) in [5, 5.41) is 3.69. The molecular formula is C25H17FN2O3S. The number of amides is 1. The topological polar surface area (TPSA) is 72.2 Å². The molecular weight excluding hydrogens is 427 g/mol. The van der Waals surface area contributed by atoms with E-state index < -0.39 is 0 Å². The average Bonchev–Trinajstić information content (AvgIpc) is 3.15. The Morgan fingerprint density at radius 3 is 2.59 bits per heavy atom. The lowest BCUT2D eigenvalue weighted by atomic mass is 10.1. The second-order valence-corrected chi connectivity index (χ2v) is 8.63. The number of thiazole rings is 1. The van der Waals surface area contributed by atoms with Crippen LogP contribution >= 0.6 is 11.3 Å². The summed E-state index contributed by atoms with van der Waals surface area (Å²) in [5.74, 6) is -0.239. The van der Waals surface area contributed by atoms with Crippen LogP contribution in [0.1, 0.15) is 21.5 Å². The van der Waals surface area contributed by atoms with Gasteiger partial charge < -0.3 is 4.42 Å². The number of carbonyl (C=O) groups excluding carboxylic acids is 1. The van der Waals surface area contributed by atoms with Crippen LogP contribution in [-0.4, -0.2) is 10.9 Å². The Hall–Kier alpha value is -3.84. The molecule has 0 bridgehead atoms. The van der Waals surface area contributed by atoms with Gasteiger partial charge in [-0.1, -0.05) is 29.5 Å². The summed E-state index contributed by atoms with van der Waals surface area (Å²) in [7, 11) is 0. The van der Waals surface area contributed by atoms with Gasteiger partial charge in [0.05, 0.1) is 15.6 Å². The molecule has 2 heterocycles. The number of fused-ring (bicyclic) bond motifs is 2. The van der Waals surface area contributed by atoms with Crippen molar-refractivity contribution in [3.8, 4) is 11.3 Å². The van der Waals surface area contributed by atoms with E-state index in [0.717, 1.165) is 11.1 Å². The number of rotatable bonds is 3. The van der Waals surface area contributed by atoms with Gasteiger partial charge in [-0.05, 0) is 61.4 Å². The van der Waals surface area contributed by atoms with Gasteiger partial charge >= 0.3 is 0 Å². The van der Waals surface area contributed by atoms with E-state index in [1.165, 1.54) is 29.5 Å². The van der Waals surface area contributed by atoms with Crippen molar-refractivity contribution in [2.24, 2.45) is 0 Å². The molecule has 0 radical (unpaired) electrons. The molecule has 0 saturated carbocycles. The first-order chi connectivity index (χ1) is 15.4. The van der Waals surface area contributed by atoms with Crippen molar-refractivity contribution in [3.05, 3.63) is 93.4 Å². The van der Waals surface area contributed by atoms with Crippen molar-refractivity contribution in [2.45, 2.75) is 13.8 Å². The van der Waals surface area contributed by atoms with E-state index in [2.05, 4.69) is 10.3 Å². The third-order valence-electron chi connectivity index (χ3n) is 5.16. The Bertz CT molecular complexity index is 1570. The van der Waals surface area contributed by atoms with Gasteiger partial charge in [0.2, 0.25) is 0 Å². The molecule has 0 spiro atoms. The smallest absolute Gasteiger partial charge is 0.257 e. The number of nitrogens with one attached hydrogen (secondary N) is 1. The Balaban J connectivity index is 1.42. The van der Waals surface area contributed by atoms with Crippen molar-refractivity contribution >= 4 is 43.6 Å². The van der Waals surface area contributed by atoms with Gasteiger partial charge in [-0.15, -0.1) is 0 Å². The van der Waals surface area contributed by atoms with Gasteiger partial charge in [0.25, 0.3) is 5.91 Å². The number of anilines is 1. The summed E-state index contributed by atoms with van der Waals surface area (Å²) in [5.41, 5.74) is 4.09. The van der Waals surface area contributed by atoms with Crippen molar-refractivity contribution in [2.75, 3.05) is 5.32 Å². The van der Waals surface area contributed by atoms with Crippen LogP contribution in [0.15, 0.2) is 69.9 Å². The minimum atomic E-state index is -0.347. The van der Waals surface area contributed by atoms with Gasteiger partial charge in [-0.2, -0.15) is 0 Å². The zero-order valence-electron chi connectivity index (χ0n) is 17.2. The molecule has 7 heteroatoms. The van der Waals surface area contributed by atoms with Crippen molar-refractivity contribution < 1.29 is 13.6 Å². The Morgan fingerprint density at radius 1 is 1.03 bits per heavy atom. The summed E-state index contributed by atoms with van der Waals surface area (Å²) in [6.45, 7) is 3.85. The van der Waals surface area contributed by atoms with E-state index in [-0.39, 0.29) is 17.2 Å². The molecule has 0 aliphatic carbocycles. The highest BCUT2D eigenvalue weighted by atomic mass is 32.1. The van der Waals surface area contributed by atoms with E-state index in [1.807, 2.05) is 26.0 Å². The fourth-order valence-corrected chi connectivity index (χ4v) is 4.54. The molecule has 0 atom stereocenters. The molecule has 32 heavy (non-hydrogen) atoms. The first-order valence-electron chi connectivity index (χ1n) is 9.90. The predicted molar refractivity (Wildman–Crippen MR) is 125 cm³/mol. The van der Waals surface area contributed by atoms with Crippen molar-refractivity contribution in [1.82, 2.24) is 4.98 Å². The fraction of sp³-hybridized carbons (Fsp3) is 0.0800. The number of nitrogens with zero attached hydrogens (tertiary/aromatic N) is 1. The van der Waals surface area contributed by atoms with Crippen molar-refractivity contribution in [3.63, 3.8) is 0 Å². The molecule has 0 unspecified atom stereocenters. The first kappa shape index (κ1) is 20.1. The number of aryl methyl sites for hydroxylation is 2. The molecule has 0 saturated heterocycles. The summed E-state index contributed by atoms with van der Waals surface area (Å²) < 4.78 is 20.0. The highest BCUT2D eigenvalue weighted by Crippen LogP contribution is 2.28. The summed E-state index contributed by atoms with van der Waals surface area (Å²) >= 11 is 1.21. The van der Waals surface area contributed by atoms with Crippen LogP contribution in [0.4, 0.5) is 9.52 Å². The van der Waals surface area contributed by atoms with Crippen LogP contribution in [0.25, 0.3) is 32.5 Å². The molecule has 5 aromatic rings. The molecule has 5 rings (SSSR count). The molecule has 0 aliphatic rings. The zero-order chi connectivity index (χ0) is 22.4. The van der Waals surface area contributed by atoms with Crippen LogP contribution in [0.5, 0.6) is 0 Å². The minimum absolute atomic E-state index is 0.109. The second kappa shape index (κ2) is 7.69. The predicted octanol–water partition coefficient (Wildman–Crippen LogP) is 6.08. The Kier molecular flexibility index (Phi) is 4.83. The quantitative estimate of drug-likeness (QED) is 0.366. The maximum Gasteiger partial charge on any atom is 0.257 e.